The van der Waals surface area contributed by atoms with Crippen LogP contribution in [0.3, 0.4) is 0 Å². The Labute approximate surface area is 120 Å². The molecule has 0 aliphatic carbocycles. The molecule has 0 spiro atoms. The average molecular weight is 273 g/mol. The van der Waals surface area contributed by atoms with Gasteiger partial charge in [-0.25, -0.2) is 0 Å². The van der Waals surface area contributed by atoms with Gasteiger partial charge in [0.2, 0.25) is 5.91 Å². The van der Waals surface area contributed by atoms with Crippen molar-refractivity contribution < 1.29 is 9.53 Å². The zero-order chi connectivity index (χ0) is 13.9. The van der Waals surface area contributed by atoms with Crippen molar-refractivity contribution in [1.82, 2.24) is 4.90 Å². The van der Waals surface area contributed by atoms with Gasteiger partial charge in [-0.2, -0.15) is 0 Å². The number of rotatable bonds is 2. The van der Waals surface area contributed by atoms with Crippen LogP contribution in [0.2, 0.25) is 0 Å². The third-order valence-corrected chi connectivity index (χ3v) is 4.64. The molecule has 1 aromatic rings. The number of benzene rings is 1. The smallest absolute Gasteiger partial charge is 0.223 e. The van der Waals surface area contributed by atoms with Gasteiger partial charge in [0.25, 0.3) is 0 Å². The van der Waals surface area contributed by atoms with Crippen LogP contribution >= 0.6 is 0 Å². The first-order valence-corrected chi connectivity index (χ1v) is 7.73. The zero-order valence-corrected chi connectivity index (χ0v) is 12.2. The molecule has 2 heterocycles. The second-order valence-electron chi connectivity index (χ2n) is 6.14. The lowest BCUT2D eigenvalue weighted by atomic mass is 9.89. The van der Waals surface area contributed by atoms with Gasteiger partial charge in [-0.3, -0.25) is 4.79 Å². The Kier molecular flexibility index (Phi) is 3.95. The standard InChI is InChI=1S/C17H23NO2/c1-13-6-9-18(10-7-13)17(19)12-14-8-11-20-16-5-3-2-4-15(14)16/h2-5,13-14H,6-12H2,1H3. The summed E-state index contributed by atoms with van der Waals surface area (Å²) in [6.07, 6.45) is 3.88. The molecule has 0 N–H and O–H groups in total. The molecule has 1 amide bonds. The van der Waals surface area contributed by atoms with Crippen molar-refractivity contribution >= 4 is 5.91 Å². The Morgan fingerprint density at radius 3 is 2.80 bits per heavy atom. The van der Waals surface area contributed by atoms with Crippen LogP contribution in [0.25, 0.3) is 0 Å². The molecule has 0 bridgehead atoms. The maximum Gasteiger partial charge on any atom is 0.223 e. The van der Waals surface area contributed by atoms with E-state index in [0.29, 0.717) is 18.2 Å². The van der Waals surface area contributed by atoms with Crippen LogP contribution in [0.1, 0.15) is 44.1 Å². The topological polar surface area (TPSA) is 29.5 Å². The lowest BCUT2D eigenvalue weighted by molar-refractivity contribution is -0.133. The fourth-order valence-corrected chi connectivity index (χ4v) is 3.23. The third kappa shape index (κ3) is 2.82. The van der Waals surface area contributed by atoms with E-state index in [-0.39, 0.29) is 0 Å². The SMILES string of the molecule is CC1CCN(C(=O)CC2CCOc3ccccc32)CC1. The second kappa shape index (κ2) is 5.86. The number of nitrogens with zero attached hydrogens (tertiary/aromatic N) is 1. The highest BCUT2D eigenvalue weighted by atomic mass is 16.5. The summed E-state index contributed by atoms with van der Waals surface area (Å²) in [7, 11) is 0. The summed E-state index contributed by atoms with van der Waals surface area (Å²) >= 11 is 0. The van der Waals surface area contributed by atoms with Gasteiger partial charge in [-0.05, 0) is 42.7 Å². The van der Waals surface area contributed by atoms with Crippen LogP contribution in [0.15, 0.2) is 24.3 Å². The van der Waals surface area contributed by atoms with Crippen LogP contribution in [0.4, 0.5) is 0 Å². The van der Waals surface area contributed by atoms with Gasteiger partial charge in [-0.15, -0.1) is 0 Å². The Morgan fingerprint density at radius 1 is 1.25 bits per heavy atom. The first kappa shape index (κ1) is 13.5. The van der Waals surface area contributed by atoms with Crippen molar-refractivity contribution in [1.29, 1.82) is 0 Å². The molecular formula is C17H23NO2. The molecule has 1 atom stereocenters. The van der Waals surface area contributed by atoms with Crippen LogP contribution in [0, 0.1) is 5.92 Å². The fraction of sp³-hybridized carbons (Fsp3) is 0.588. The molecule has 2 aliphatic rings. The fourth-order valence-electron chi connectivity index (χ4n) is 3.23. The molecule has 1 saturated heterocycles. The predicted molar refractivity (Wildman–Crippen MR) is 78.9 cm³/mol. The maximum absolute atomic E-state index is 12.5. The van der Waals surface area contributed by atoms with E-state index in [2.05, 4.69) is 17.9 Å². The van der Waals surface area contributed by atoms with Gasteiger partial charge in [0.1, 0.15) is 5.75 Å². The largest absolute Gasteiger partial charge is 0.493 e. The number of para-hydroxylation sites is 1. The molecule has 1 fully saturated rings. The van der Waals surface area contributed by atoms with Crippen LogP contribution < -0.4 is 4.74 Å². The van der Waals surface area contributed by atoms with E-state index < -0.39 is 0 Å². The minimum Gasteiger partial charge on any atom is -0.493 e. The minimum absolute atomic E-state index is 0.318. The van der Waals surface area contributed by atoms with Crippen molar-refractivity contribution in [2.24, 2.45) is 5.92 Å². The molecule has 20 heavy (non-hydrogen) atoms. The maximum atomic E-state index is 12.5. The molecule has 0 aromatic heterocycles. The molecule has 0 saturated carbocycles. The van der Waals surface area contributed by atoms with Gasteiger partial charge in [0, 0.05) is 19.5 Å². The number of fused-ring (bicyclic) bond motifs is 1. The van der Waals surface area contributed by atoms with Gasteiger partial charge in [-0.1, -0.05) is 25.1 Å². The predicted octanol–water partition coefficient (Wildman–Crippen LogP) is 3.20. The number of amides is 1. The highest BCUT2D eigenvalue weighted by molar-refractivity contribution is 5.77. The molecule has 1 unspecified atom stereocenters. The molecule has 3 heteroatoms. The second-order valence-corrected chi connectivity index (χ2v) is 6.14. The molecule has 108 valence electrons. The molecule has 0 radical (unpaired) electrons. The van der Waals surface area contributed by atoms with Gasteiger partial charge in [0.05, 0.1) is 6.61 Å². The van der Waals surface area contributed by atoms with Crippen molar-refractivity contribution in [2.75, 3.05) is 19.7 Å². The highest BCUT2D eigenvalue weighted by Gasteiger charge is 2.27. The van der Waals surface area contributed by atoms with Crippen molar-refractivity contribution in [3.8, 4) is 5.75 Å². The van der Waals surface area contributed by atoms with Crippen LogP contribution in [0.5, 0.6) is 5.75 Å². The monoisotopic (exact) mass is 273 g/mol. The average Bonchev–Trinajstić information content (AvgIpc) is 2.48. The van der Waals surface area contributed by atoms with Crippen molar-refractivity contribution in [3.63, 3.8) is 0 Å². The number of carbonyl (C=O) groups excluding carboxylic acids is 1. The summed E-state index contributed by atoms with van der Waals surface area (Å²) in [4.78, 5) is 14.5. The number of piperidine rings is 1. The number of likely N-dealkylation sites (tertiary alicyclic amines) is 1. The van der Waals surface area contributed by atoms with Gasteiger partial charge in [0.15, 0.2) is 0 Å². The summed E-state index contributed by atoms with van der Waals surface area (Å²) < 4.78 is 5.67. The van der Waals surface area contributed by atoms with E-state index in [1.165, 1.54) is 5.56 Å². The van der Waals surface area contributed by atoms with Crippen LogP contribution in [-0.2, 0) is 4.79 Å². The zero-order valence-electron chi connectivity index (χ0n) is 12.2. The molecule has 3 nitrogen and oxygen atoms in total. The summed E-state index contributed by atoms with van der Waals surface area (Å²) in [5.41, 5.74) is 1.21. The summed E-state index contributed by atoms with van der Waals surface area (Å²) in [5, 5.41) is 0. The first-order chi connectivity index (χ1) is 9.74. The molecule has 2 aliphatic heterocycles. The van der Waals surface area contributed by atoms with E-state index >= 15 is 0 Å². The minimum atomic E-state index is 0.318. The number of hydrogen-bond donors (Lipinski definition) is 0. The van der Waals surface area contributed by atoms with E-state index in [1.807, 2.05) is 18.2 Å². The molecular weight excluding hydrogens is 250 g/mol. The Hall–Kier alpha value is -1.51. The Bertz CT molecular complexity index is 478. The summed E-state index contributed by atoms with van der Waals surface area (Å²) in [5.74, 6) is 2.37. The normalized spacial score (nSPS) is 23.1. The number of hydrogen-bond acceptors (Lipinski definition) is 2. The quantitative estimate of drug-likeness (QED) is 0.828. The van der Waals surface area contributed by atoms with E-state index in [4.69, 9.17) is 4.74 Å². The Morgan fingerprint density at radius 2 is 2.00 bits per heavy atom. The van der Waals surface area contributed by atoms with Gasteiger partial charge < -0.3 is 9.64 Å². The number of carbonyl (C=O) groups is 1. The Balaban J connectivity index is 1.65. The van der Waals surface area contributed by atoms with Crippen molar-refractivity contribution in [2.45, 2.75) is 38.5 Å². The van der Waals surface area contributed by atoms with Crippen molar-refractivity contribution in [3.05, 3.63) is 29.8 Å². The van der Waals surface area contributed by atoms with Crippen LogP contribution in [-0.4, -0.2) is 30.5 Å². The first-order valence-electron chi connectivity index (χ1n) is 7.73. The number of ether oxygens (including phenoxy) is 1. The third-order valence-electron chi connectivity index (χ3n) is 4.64. The van der Waals surface area contributed by atoms with Gasteiger partial charge >= 0.3 is 0 Å². The lowest BCUT2D eigenvalue weighted by Crippen LogP contribution is -2.38. The molecule has 1 aromatic carbocycles. The lowest BCUT2D eigenvalue weighted by Gasteiger charge is -2.32. The van der Waals surface area contributed by atoms with E-state index in [0.717, 1.165) is 50.6 Å². The van der Waals surface area contributed by atoms with E-state index in [1.54, 1.807) is 0 Å². The van der Waals surface area contributed by atoms with E-state index in [9.17, 15) is 4.79 Å². The highest BCUT2D eigenvalue weighted by Crippen LogP contribution is 2.36. The summed E-state index contributed by atoms with van der Waals surface area (Å²) in [6, 6.07) is 8.14. The molecule has 3 rings (SSSR count). The summed E-state index contributed by atoms with van der Waals surface area (Å²) in [6.45, 7) is 4.87.